The molecule has 9 aromatic rings. The van der Waals surface area contributed by atoms with Crippen LogP contribution in [0, 0.1) is 0 Å². The lowest BCUT2D eigenvalue weighted by Gasteiger charge is -2.32. The third kappa shape index (κ3) is 5.37. The Bertz CT molecular complexity index is 3050. The van der Waals surface area contributed by atoms with E-state index in [0.29, 0.717) is 11.7 Å². The van der Waals surface area contributed by atoms with Gasteiger partial charge in [0.2, 0.25) is 0 Å². The topological polar surface area (TPSA) is 52.0 Å². The van der Waals surface area contributed by atoms with E-state index in [1.54, 1.807) is 0 Å². The molecule has 0 spiro atoms. The number of aryl methyl sites for hydroxylation is 1. The van der Waals surface area contributed by atoms with Gasteiger partial charge in [-0.3, -0.25) is 4.99 Å². The molecule has 1 aliphatic heterocycles. The fraction of sp³-hybridized carbons (Fsp3) is 0.0588. The van der Waals surface area contributed by atoms with Crippen LogP contribution in [0.4, 0.5) is 0 Å². The van der Waals surface area contributed by atoms with E-state index in [4.69, 9.17) is 19.7 Å². The Labute approximate surface area is 318 Å². The van der Waals surface area contributed by atoms with Crippen LogP contribution in [0.2, 0.25) is 0 Å². The molecule has 1 aliphatic carbocycles. The van der Waals surface area contributed by atoms with Gasteiger partial charge in [-0.1, -0.05) is 158 Å². The second-order valence-electron chi connectivity index (χ2n) is 14.4. The molecule has 1 aromatic heterocycles. The maximum Gasteiger partial charge on any atom is 0.136 e. The van der Waals surface area contributed by atoms with E-state index >= 15 is 0 Å². The van der Waals surface area contributed by atoms with Crippen LogP contribution in [0.1, 0.15) is 40.4 Å². The first-order valence-electron chi connectivity index (χ1n) is 18.9. The molecule has 1 atom stereocenters. The van der Waals surface area contributed by atoms with Crippen molar-refractivity contribution in [2.75, 3.05) is 0 Å². The highest BCUT2D eigenvalue weighted by Gasteiger charge is 2.21. The molecule has 1 unspecified atom stereocenters. The van der Waals surface area contributed by atoms with Gasteiger partial charge in [-0.2, -0.15) is 0 Å². The second kappa shape index (κ2) is 12.8. The first-order valence-corrected chi connectivity index (χ1v) is 18.9. The van der Waals surface area contributed by atoms with Crippen LogP contribution in [-0.4, -0.2) is 11.7 Å². The van der Waals surface area contributed by atoms with E-state index < -0.39 is 6.17 Å². The summed E-state index contributed by atoms with van der Waals surface area (Å²) in [6.07, 6.45) is 6.18. The third-order valence-corrected chi connectivity index (χ3v) is 11.1. The lowest BCUT2D eigenvalue weighted by Crippen LogP contribution is -2.16. The number of rotatable bonds is 5. The Morgan fingerprint density at radius 1 is 0.545 bits per heavy atom. The molecule has 0 amide bonds. The zero-order valence-electron chi connectivity index (χ0n) is 30.0. The highest BCUT2D eigenvalue weighted by molar-refractivity contribution is 6.23. The summed E-state index contributed by atoms with van der Waals surface area (Å²) in [4.78, 5) is 10.4. The van der Waals surface area contributed by atoms with Crippen molar-refractivity contribution in [3.8, 4) is 22.3 Å². The molecule has 4 nitrogen and oxygen atoms in total. The molecule has 0 saturated carbocycles. The molecule has 2 heterocycles. The molecule has 260 valence electrons. The first-order chi connectivity index (χ1) is 27.2. The number of allylic oxidation sites excluding steroid dienone is 1. The Morgan fingerprint density at radius 2 is 1.27 bits per heavy atom. The van der Waals surface area contributed by atoms with Gasteiger partial charge in [0.15, 0.2) is 0 Å². The number of furan rings is 1. The molecule has 55 heavy (non-hydrogen) atoms. The van der Waals surface area contributed by atoms with Crippen molar-refractivity contribution < 1.29 is 4.42 Å². The molecule has 11 rings (SSSR count). The lowest BCUT2D eigenvalue weighted by atomic mass is 9.85. The van der Waals surface area contributed by atoms with Crippen molar-refractivity contribution in [1.29, 1.82) is 0 Å². The number of fused-ring (bicyclic) bond motifs is 7. The van der Waals surface area contributed by atoms with Crippen LogP contribution >= 0.6 is 0 Å². The van der Waals surface area contributed by atoms with E-state index in [2.05, 4.69) is 152 Å². The van der Waals surface area contributed by atoms with Gasteiger partial charge >= 0.3 is 0 Å². The predicted octanol–water partition coefficient (Wildman–Crippen LogP) is 13.5. The largest absolute Gasteiger partial charge is 0.456 e. The lowest BCUT2D eigenvalue weighted by molar-refractivity contribution is 0.669. The minimum Gasteiger partial charge on any atom is -0.456 e. The molecule has 2 aliphatic rings. The molecular weight excluding hydrogens is 671 g/mol. The first kappa shape index (κ1) is 31.5. The monoisotopic (exact) mass is 704 g/mol. The SMILES string of the molecule is C1=Cc2c(cc(-c3cc(C4=NC(c5ccc(-c6cccc7ccccc67)cc5)=NC(c5ccccc5)[N-]4)cc4oc5ccccc5c34)c3ccccc23)CC1. The predicted molar refractivity (Wildman–Crippen MR) is 229 cm³/mol. The number of amidine groups is 2. The van der Waals surface area contributed by atoms with E-state index in [0.717, 1.165) is 62.6 Å². The van der Waals surface area contributed by atoms with Crippen molar-refractivity contribution in [3.05, 3.63) is 203 Å². The summed E-state index contributed by atoms with van der Waals surface area (Å²) in [5.74, 6) is 1.28. The van der Waals surface area contributed by atoms with Gasteiger partial charge in [0.1, 0.15) is 11.2 Å². The average Bonchev–Trinajstić information content (AvgIpc) is 3.65. The van der Waals surface area contributed by atoms with E-state index in [-0.39, 0.29) is 0 Å². The van der Waals surface area contributed by atoms with Gasteiger partial charge in [-0.15, -0.1) is 0 Å². The molecule has 0 bridgehead atoms. The van der Waals surface area contributed by atoms with Gasteiger partial charge in [0.25, 0.3) is 0 Å². The van der Waals surface area contributed by atoms with E-state index in [9.17, 15) is 0 Å². The Hall–Kier alpha value is -7.04. The highest BCUT2D eigenvalue weighted by atomic mass is 16.3. The second-order valence-corrected chi connectivity index (χ2v) is 14.4. The molecule has 4 heteroatoms. The summed E-state index contributed by atoms with van der Waals surface area (Å²) in [6.45, 7) is 0. The van der Waals surface area contributed by atoms with Crippen molar-refractivity contribution in [2.24, 2.45) is 9.98 Å². The zero-order valence-corrected chi connectivity index (χ0v) is 30.0. The smallest absolute Gasteiger partial charge is 0.136 e. The minimum atomic E-state index is -0.451. The van der Waals surface area contributed by atoms with Crippen molar-refractivity contribution in [2.45, 2.75) is 19.0 Å². The Morgan fingerprint density at radius 3 is 2.15 bits per heavy atom. The summed E-state index contributed by atoms with van der Waals surface area (Å²) in [5, 5.41) is 12.4. The maximum absolute atomic E-state index is 6.64. The number of para-hydroxylation sites is 1. The maximum atomic E-state index is 6.64. The molecule has 0 fully saturated rings. The van der Waals surface area contributed by atoms with Crippen molar-refractivity contribution >= 4 is 61.2 Å². The number of aliphatic imine (C=N–C) groups is 2. The molecule has 0 saturated heterocycles. The normalized spacial score (nSPS) is 15.2. The van der Waals surface area contributed by atoms with Crippen LogP contribution < -0.4 is 0 Å². The van der Waals surface area contributed by atoms with Gasteiger partial charge in [0.05, 0.1) is 12.0 Å². The van der Waals surface area contributed by atoms with Crippen LogP contribution in [0.15, 0.2) is 184 Å². The summed E-state index contributed by atoms with van der Waals surface area (Å²) in [6, 6.07) is 57.8. The van der Waals surface area contributed by atoms with E-state index in [1.165, 1.54) is 43.8 Å². The molecular formula is C51H34N3O-. The highest BCUT2D eigenvalue weighted by Crippen LogP contribution is 2.44. The fourth-order valence-electron chi connectivity index (χ4n) is 8.46. The van der Waals surface area contributed by atoms with E-state index in [1.807, 2.05) is 24.3 Å². The van der Waals surface area contributed by atoms with Crippen LogP contribution in [-0.2, 0) is 6.42 Å². The Kier molecular flexibility index (Phi) is 7.34. The van der Waals surface area contributed by atoms with Gasteiger partial charge in [0, 0.05) is 10.8 Å². The van der Waals surface area contributed by atoms with Gasteiger partial charge in [-0.25, -0.2) is 0 Å². The van der Waals surface area contributed by atoms with Crippen LogP contribution in [0.5, 0.6) is 0 Å². The number of nitrogens with zero attached hydrogens (tertiary/aromatic N) is 3. The summed E-state index contributed by atoms with van der Waals surface area (Å²) in [5.41, 5.74) is 11.9. The molecule has 0 N–H and O–H groups in total. The van der Waals surface area contributed by atoms with Gasteiger partial charge in [-0.05, 0) is 109 Å². The van der Waals surface area contributed by atoms with Crippen LogP contribution in [0.3, 0.4) is 0 Å². The minimum absolute atomic E-state index is 0.451. The van der Waals surface area contributed by atoms with Gasteiger partial charge < -0.3 is 14.7 Å². The zero-order chi connectivity index (χ0) is 36.3. The van der Waals surface area contributed by atoms with Crippen molar-refractivity contribution in [3.63, 3.8) is 0 Å². The number of hydrogen-bond acceptors (Lipinski definition) is 3. The standard InChI is InChI=1S/C51H34N3O/c1-2-14-34(15-3-1)49-52-50(35-27-25-33(26-28-35)39-23-12-17-32-13-4-6-18-38(32)39)54-51(53-49)37-30-45(48-43-22-10-11-24-46(43)55-47(48)31-37)44-29-36-16-5-7-19-40(36)41-20-8-9-21-42(41)44/h1-4,6-15,17-31,49H,5,16H2/q-1. The third-order valence-electron chi connectivity index (χ3n) is 11.1. The van der Waals surface area contributed by atoms with Crippen molar-refractivity contribution in [1.82, 2.24) is 0 Å². The molecule has 8 aromatic carbocycles. The van der Waals surface area contributed by atoms with Crippen LogP contribution in [0.25, 0.3) is 77.1 Å². The average molecular weight is 705 g/mol. The summed E-state index contributed by atoms with van der Waals surface area (Å²) in [7, 11) is 0. The fourth-order valence-corrected chi connectivity index (χ4v) is 8.46. The number of hydrogen-bond donors (Lipinski definition) is 0. The summed E-state index contributed by atoms with van der Waals surface area (Å²) < 4.78 is 6.64. The number of benzene rings is 8. The summed E-state index contributed by atoms with van der Waals surface area (Å²) >= 11 is 0. The quantitative estimate of drug-likeness (QED) is 0.176. The Balaban J connectivity index is 1.09. The molecule has 0 radical (unpaired) electrons.